The highest BCUT2D eigenvalue weighted by Crippen LogP contribution is 2.34. The predicted octanol–water partition coefficient (Wildman–Crippen LogP) is 1.15. The van der Waals surface area contributed by atoms with E-state index in [1.807, 2.05) is 0 Å². The fourth-order valence-corrected chi connectivity index (χ4v) is 2.54. The molecule has 0 aliphatic carbocycles. The highest BCUT2D eigenvalue weighted by molar-refractivity contribution is 7.89. The molecule has 1 rings (SSSR count). The van der Waals surface area contributed by atoms with E-state index >= 15 is 0 Å². The Hall–Kier alpha value is -0.530. The summed E-state index contributed by atoms with van der Waals surface area (Å²) in [6, 6.07) is 2.57. The SMILES string of the molecule is COc1c(Cl)cc(Cl)cc1S(=O)(=O)NN. The number of hydrogen-bond acceptors (Lipinski definition) is 4. The standard InChI is InChI=1S/C7H8Cl2N2O3S/c1-14-7-5(9)2-4(8)3-6(7)15(12,13)11-10/h2-3,11H,10H2,1H3. The van der Waals surface area contributed by atoms with Crippen LogP contribution in [0.15, 0.2) is 17.0 Å². The van der Waals surface area contributed by atoms with Gasteiger partial charge in [0, 0.05) is 5.02 Å². The third-order valence-corrected chi connectivity index (χ3v) is 3.31. The number of nitrogens with two attached hydrogens (primary N) is 1. The number of rotatable bonds is 3. The Balaban J connectivity index is 3.53. The van der Waals surface area contributed by atoms with E-state index in [-0.39, 0.29) is 20.7 Å². The van der Waals surface area contributed by atoms with E-state index in [0.717, 1.165) is 0 Å². The van der Waals surface area contributed by atoms with Crippen LogP contribution in [0.1, 0.15) is 0 Å². The molecule has 0 bridgehead atoms. The molecule has 8 heteroatoms. The van der Waals surface area contributed by atoms with Crippen LogP contribution in [-0.4, -0.2) is 15.5 Å². The van der Waals surface area contributed by atoms with Gasteiger partial charge in [-0.15, -0.1) is 4.83 Å². The maximum absolute atomic E-state index is 11.5. The Labute approximate surface area is 97.1 Å². The van der Waals surface area contributed by atoms with Crippen LogP contribution in [0.3, 0.4) is 0 Å². The molecule has 0 aliphatic rings. The van der Waals surface area contributed by atoms with Crippen molar-refractivity contribution in [3.8, 4) is 5.75 Å². The fraction of sp³-hybridized carbons (Fsp3) is 0.143. The van der Waals surface area contributed by atoms with Crippen LogP contribution in [0.25, 0.3) is 0 Å². The van der Waals surface area contributed by atoms with Crippen LogP contribution in [-0.2, 0) is 10.0 Å². The van der Waals surface area contributed by atoms with Crippen LogP contribution in [0.4, 0.5) is 0 Å². The zero-order valence-electron chi connectivity index (χ0n) is 7.62. The van der Waals surface area contributed by atoms with Crippen LogP contribution >= 0.6 is 23.2 Å². The van der Waals surface area contributed by atoms with E-state index < -0.39 is 10.0 Å². The first-order chi connectivity index (χ1) is 6.92. The van der Waals surface area contributed by atoms with Crippen molar-refractivity contribution >= 4 is 33.2 Å². The van der Waals surface area contributed by atoms with Gasteiger partial charge in [-0.3, -0.25) is 5.84 Å². The molecule has 0 unspecified atom stereocenters. The van der Waals surface area contributed by atoms with Gasteiger partial charge in [0.25, 0.3) is 10.0 Å². The van der Waals surface area contributed by atoms with E-state index in [4.69, 9.17) is 33.8 Å². The molecular formula is C7H8Cl2N2O3S. The molecule has 0 fully saturated rings. The molecular weight excluding hydrogens is 263 g/mol. The second-order valence-corrected chi connectivity index (χ2v) is 5.07. The molecule has 0 saturated heterocycles. The molecule has 0 saturated carbocycles. The van der Waals surface area contributed by atoms with Crippen LogP contribution in [0.2, 0.25) is 10.0 Å². The highest BCUT2D eigenvalue weighted by Gasteiger charge is 2.21. The molecule has 3 N–H and O–H groups in total. The second-order valence-electron chi connectivity index (χ2n) is 2.54. The average molecular weight is 271 g/mol. The lowest BCUT2D eigenvalue weighted by molar-refractivity contribution is 0.402. The minimum atomic E-state index is -3.85. The van der Waals surface area contributed by atoms with Crippen molar-refractivity contribution in [3.63, 3.8) is 0 Å². The quantitative estimate of drug-likeness (QED) is 0.638. The molecule has 0 aliphatic heterocycles. The topological polar surface area (TPSA) is 81.4 Å². The number of methoxy groups -OCH3 is 1. The molecule has 0 heterocycles. The molecule has 1 aromatic carbocycles. The first-order valence-corrected chi connectivity index (χ1v) is 5.91. The number of hydrogen-bond donors (Lipinski definition) is 2. The average Bonchev–Trinajstić information content (AvgIpc) is 2.16. The summed E-state index contributed by atoms with van der Waals surface area (Å²) in [5.74, 6) is 4.88. The Morgan fingerprint density at radius 2 is 2.00 bits per heavy atom. The minimum absolute atomic E-state index is 0.000910. The summed E-state index contributed by atoms with van der Waals surface area (Å²) in [6.07, 6.45) is 0. The monoisotopic (exact) mass is 270 g/mol. The van der Waals surface area contributed by atoms with Gasteiger partial charge in [0.1, 0.15) is 4.90 Å². The molecule has 0 spiro atoms. The number of benzene rings is 1. The largest absolute Gasteiger partial charge is 0.494 e. The maximum Gasteiger partial charge on any atom is 0.256 e. The van der Waals surface area contributed by atoms with E-state index in [0.29, 0.717) is 0 Å². The molecule has 84 valence electrons. The summed E-state index contributed by atoms with van der Waals surface area (Å²) in [7, 11) is -2.56. The van der Waals surface area contributed by atoms with Crippen molar-refractivity contribution < 1.29 is 13.2 Å². The van der Waals surface area contributed by atoms with E-state index in [9.17, 15) is 8.42 Å². The third-order valence-electron chi connectivity index (χ3n) is 1.62. The summed E-state index contributed by atoms with van der Waals surface area (Å²) >= 11 is 11.4. The smallest absolute Gasteiger partial charge is 0.256 e. The minimum Gasteiger partial charge on any atom is -0.494 e. The van der Waals surface area contributed by atoms with Gasteiger partial charge in [-0.25, -0.2) is 8.42 Å². The predicted molar refractivity (Wildman–Crippen MR) is 57.5 cm³/mol. The van der Waals surface area contributed by atoms with Crippen molar-refractivity contribution in [2.24, 2.45) is 5.84 Å². The number of halogens is 2. The van der Waals surface area contributed by atoms with Crippen molar-refractivity contribution in [3.05, 3.63) is 22.2 Å². The van der Waals surface area contributed by atoms with E-state index in [1.54, 1.807) is 4.83 Å². The van der Waals surface area contributed by atoms with Crippen molar-refractivity contribution in [1.82, 2.24) is 4.83 Å². The lowest BCUT2D eigenvalue weighted by Gasteiger charge is -2.10. The normalized spacial score (nSPS) is 11.5. The Morgan fingerprint density at radius 1 is 1.40 bits per heavy atom. The lowest BCUT2D eigenvalue weighted by Crippen LogP contribution is -2.30. The number of sulfonamides is 1. The van der Waals surface area contributed by atoms with Crippen LogP contribution in [0, 0.1) is 0 Å². The summed E-state index contributed by atoms with van der Waals surface area (Å²) in [6.45, 7) is 0. The summed E-state index contributed by atoms with van der Waals surface area (Å²) in [5, 5.41) is 0.272. The zero-order chi connectivity index (χ0) is 11.6. The zero-order valence-corrected chi connectivity index (χ0v) is 9.95. The van der Waals surface area contributed by atoms with Crippen molar-refractivity contribution in [2.45, 2.75) is 4.90 Å². The van der Waals surface area contributed by atoms with Gasteiger partial charge in [-0.1, -0.05) is 23.2 Å². The molecule has 0 aromatic heterocycles. The Morgan fingerprint density at radius 3 is 2.47 bits per heavy atom. The van der Waals surface area contributed by atoms with Gasteiger partial charge in [-0.2, -0.15) is 0 Å². The first-order valence-electron chi connectivity index (χ1n) is 3.68. The van der Waals surface area contributed by atoms with Gasteiger partial charge < -0.3 is 4.74 Å². The van der Waals surface area contributed by atoms with Gasteiger partial charge >= 0.3 is 0 Å². The Kier molecular flexibility index (Phi) is 3.80. The van der Waals surface area contributed by atoms with E-state index in [1.165, 1.54) is 19.2 Å². The van der Waals surface area contributed by atoms with Crippen LogP contribution < -0.4 is 15.4 Å². The summed E-state index contributed by atoms with van der Waals surface area (Å²) < 4.78 is 27.8. The first kappa shape index (κ1) is 12.5. The number of nitrogens with one attached hydrogen (secondary N) is 1. The van der Waals surface area contributed by atoms with Crippen molar-refractivity contribution in [1.29, 1.82) is 0 Å². The van der Waals surface area contributed by atoms with Gasteiger partial charge in [-0.05, 0) is 12.1 Å². The molecule has 5 nitrogen and oxygen atoms in total. The lowest BCUT2D eigenvalue weighted by atomic mass is 10.3. The van der Waals surface area contributed by atoms with Gasteiger partial charge in [0.2, 0.25) is 0 Å². The Bertz CT molecular complexity index is 475. The number of ether oxygens (including phenoxy) is 1. The fourth-order valence-electron chi connectivity index (χ4n) is 0.998. The molecule has 0 amide bonds. The van der Waals surface area contributed by atoms with Gasteiger partial charge in [0.05, 0.1) is 12.1 Å². The maximum atomic E-state index is 11.5. The molecule has 15 heavy (non-hydrogen) atoms. The van der Waals surface area contributed by atoms with Crippen molar-refractivity contribution in [2.75, 3.05) is 7.11 Å². The summed E-state index contributed by atoms with van der Waals surface area (Å²) in [5.41, 5.74) is 0. The van der Waals surface area contributed by atoms with Crippen LogP contribution in [0.5, 0.6) is 5.75 Å². The number of hydrazine groups is 1. The van der Waals surface area contributed by atoms with E-state index in [2.05, 4.69) is 0 Å². The highest BCUT2D eigenvalue weighted by atomic mass is 35.5. The molecule has 0 radical (unpaired) electrons. The van der Waals surface area contributed by atoms with Gasteiger partial charge in [0.15, 0.2) is 5.75 Å². The second kappa shape index (κ2) is 4.54. The third kappa shape index (κ3) is 2.53. The molecule has 1 aromatic rings. The summed E-state index contributed by atoms with van der Waals surface area (Å²) in [4.78, 5) is 1.46. The molecule has 0 atom stereocenters.